The Kier molecular flexibility index (Phi) is 6.26. The second kappa shape index (κ2) is 10.0. The van der Waals surface area contributed by atoms with Gasteiger partial charge < -0.3 is 4.90 Å². The zero-order chi connectivity index (χ0) is 29.9. The Hall–Kier alpha value is -5.06. The molecule has 0 radical (unpaired) electrons. The fourth-order valence-electron chi connectivity index (χ4n) is 7.62. The van der Waals surface area contributed by atoms with E-state index in [9.17, 15) is 0 Å². The molecule has 208 valence electrons. The molecule has 0 saturated heterocycles. The molecule has 1 spiro atoms. The summed E-state index contributed by atoms with van der Waals surface area (Å²) in [5.41, 5.74) is 18.5. The average molecular weight is 554 g/mol. The van der Waals surface area contributed by atoms with E-state index in [1.807, 2.05) is 6.08 Å². The lowest BCUT2D eigenvalue weighted by molar-refractivity contribution is 0.766. The van der Waals surface area contributed by atoms with Gasteiger partial charge in [-0.25, -0.2) is 0 Å². The van der Waals surface area contributed by atoms with E-state index in [1.54, 1.807) is 0 Å². The van der Waals surface area contributed by atoms with Crippen LogP contribution >= 0.6 is 0 Å². The number of anilines is 3. The zero-order valence-corrected chi connectivity index (χ0v) is 25.5. The van der Waals surface area contributed by atoms with E-state index in [1.165, 1.54) is 78.2 Å². The quantitative estimate of drug-likeness (QED) is 0.200. The van der Waals surface area contributed by atoms with E-state index >= 15 is 0 Å². The Labute approximate surface area is 255 Å². The summed E-state index contributed by atoms with van der Waals surface area (Å²) in [7, 11) is 0. The predicted molar refractivity (Wildman–Crippen MR) is 182 cm³/mol. The minimum Gasteiger partial charge on any atom is -0.310 e. The van der Waals surface area contributed by atoms with E-state index in [4.69, 9.17) is 6.42 Å². The third-order valence-corrected chi connectivity index (χ3v) is 9.41. The highest BCUT2D eigenvalue weighted by molar-refractivity contribution is 5.97. The maximum absolute atomic E-state index is 5.71. The summed E-state index contributed by atoms with van der Waals surface area (Å²) in [5.74, 6) is 2.72. The summed E-state index contributed by atoms with van der Waals surface area (Å²) in [4.78, 5) is 2.44. The van der Waals surface area contributed by atoms with Crippen molar-refractivity contribution < 1.29 is 0 Å². The first-order valence-corrected chi connectivity index (χ1v) is 15.0. The Morgan fingerprint density at radius 2 is 1.16 bits per heavy atom. The molecule has 0 aliphatic heterocycles. The van der Waals surface area contributed by atoms with Gasteiger partial charge in [-0.2, -0.15) is 0 Å². The number of benzene rings is 5. The van der Waals surface area contributed by atoms with Crippen LogP contribution in [0.15, 0.2) is 121 Å². The van der Waals surface area contributed by atoms with Gasteiger partial charge in [-0.15, -0.1) is 6.42 Å². The van der Waals surface area contributed by atoms with Gasteiger partial charge in [-0.3, -0.25) is 0 Å². The number of allylic oxidation sites excluding steroid dienone is 4. The second-order valence-electron chi connectivity index (χ2n) is 12.0. The summed E-state index contributed by atoms with van der Waals surface area (Å²) in [6.45, 7) is 11.0. The number of hydrogen-bond acceptors (Lipinski definition) is 1. The molecule has 0 N–H and O–H groups in total. The minimum absolute atomic E-state index is 0.400. The molecule has 1 nitrogen and oxygen atoms in total. The normalized spacial score (nSPS) is 16.4. The van der Waals surface area contributed by atoms with E-state index in [0.29, 0.717) is 0 Å². The van der Waals surface area contributed by atoms with Crippen LogP contribution in [0.1, 0.15) is 51.4 Å². The van der Waals surface area contributed by atoms with Gasteiger partial charge in [0.15, 0.2) is 0 Å². The summed E-state index contributed by atoms with van der Waals surface area (Å²) < 4.78 is 0. The number of nitrogens with zero attached hydrogens (tertiary/aromatic N) is 1. The lowest BCUT2D eigenvalue weighted by Crippen LogP contribution is -2.26. The van der Waals surface area contributed by atoms with Crippen molar-refractivity contribution in [3.8, 4) is 23.5 Å². The average Bonchev–Trinajstić information content (AvgIpc) is 3.43. The van der Waals surface area contributed by atoms with Gasteiger partial charge in [-0.05, 0) is 127 Å². The van der Waals surface area contributed by atoms with E-state index < -0.39 is 5.41 Å². The van der Waals surface area contributed by atoms with Crippen LogP contribution in [0.4, 0.5) is 17.1 Å². The molecular weight excluding hydrogens is 518 g/mol. The molecule has 2 aliphatic carbocycles. The number of aryl methyl sites for hydroxylation is 4. The van der Waals surface area contributed by atoms with Gasteiger partial charge in [0.25, 0.3) is 0 Å². The smallest absolute Gasteiger partial charge is 0.0686 e. The zero-order valence-electron chi connectivity index (χ0n) is 25.5. The molecule has 1 atom stereocenters. The highest BCUT2D eigenvalue weighted by Crippen LogP contribution is 2.62. The van der Waals surface area contributed by atoms with Gasteiger partial charge in [-0.1, -0.05) is 95.9 Å². The molecule has 0 heterocycles. The number of rotatable bonds is 4. The maximum Gasteiger partial charge on any atom is 0.0686 e. The van der Waals surface area contributed by atoms with Crippen molar-refractivity contribution in [2.75, 3.05) is 4.90 Å². The Morgan fingerprint density at radius 3 is 1.77 bits per heavy atom. The molecule has 0 saturated carbocycles. The van der Waals surface area contributed by atoms with Crippen molar-refractivity contribution in [3.05, 3.63) is 165 Å². The third kappa shape index (κ3) is 3.87. The lowest BCUT2D eigenvalue weighted by atomic mass is 9.70. The van der Waals surface area contributed by atoms with Gasteiger partial charge in [0.05, 0.1) is 5.41 Å². The lowest BCUT2D eigenvalue weighted by Gasteiger charge is -2.33. The van der Waals surface area contributed by atoms with Crippen molar-refractivity contribution in [3.63, 3.8) is 0 Å². The predicted octanol–water partition coefficient (Wildman–Crippen LogP) is 10.7. The van der Waals surface area contributed by atoms with Crippen molar-refractivity contribution in [2.45, 2.75) is 40.0 Å². The molecule has 1 unspecified atom stereocenters. The van der Waals surface area contributed by atoms with Crippen LogP contribution in [-0.4, -0.2) is 0 Å². The Morgan fingerprint density at radius 1 is 0.605 bits per heavy atom. The first kappa shape index (κ1) is 26.8. The van der Waals surface area contributed by atoms with E-state index in [-0.39, 0.29) is 0 Å². The monoisotopic (exact) mass is 553 g/mol. The molecule has 7 rings (SSSR count). The van der Waals surface area contributed by atoms with Crippen molar-refractivity contribution in [1.29, 1.82) is 0 Å². The van der Waals surface area contributed by atoms with E-state index in [0.717, 1.165) is 5.69 Å². The Balaban J connectivity index is 1.55. The molecule has 43 heavy (non-hydrogen) atoms. The fourth-order valence-corrected chi connectivity index (χ4v) is 7.62. The van der Waals surface area contributed by atoms with Gasteiger partial charge in [0.2, 0.25) is 0 Å². The topological polar surface area (TPSA) is 3.24 Å². The highest BCUT2D eigenvalue weighted by Gasteiger charge is 2.51. The number of fused-ring (bicyclic) bond motifs is 7. The molecular formula is C42H35N. The van der Waals surface area contributed by atoms with Crippen LogP contribution in [0.25, 0.3) is 16.7 Å². The summed E-state index contributed by atoms with van der Waals surface area (Å²) in [6.07, 6.45) is 9.66. The van der Waals surface area contributed by atoms with Gasteiger partial charge in [0.1, 0.15) is 0 Å². The van der Waals surface area contributed by atoms with Crippen LogP contribution < -0.4 is 4.90 Å². The van der Waals surface area contributed by atoms with Gasteiger partial charge >= 0.3 is 0 Å². The summed E-state index contributed by atoms with van der Waals surface area (Å²) >= 11 is 0. The molecule has 0 bridgehead atoms. The minimum atomic E-state index is -0.400. The highest BCUT2D eigenvalue weighted by atomic mass is 15.1. The fraction of sp³-hybridized carbons (Fsp3) is 0.143. The molecule has 5 aromatic carbocycles. The van der Waals surface area contributed by atoms with Crippen molar-refractivity contribution in [2.24, 2.45) is 0 Å². The number of hydrogen-bond donors (Lipinski definition) is 0. The van der Waals surface area contributed by atoms with Crippen LogP contribution in [0.2, 0.25) is 0 Å². The largest absolute Gasteiger partial charge is 0.310 e. The molecule has 2 aliphatic rings. The van der Waals surface area contributed by atoms with Crippen LogP contribution in [-0.2, 0) is 5.41 Å². The number of terminal acetylenes is 1. The first-order valence-electron chi connectivity index (χ1n) is 15.0. The molecule has 0 amide bonds. The molecule has 0 aromatic heterocycles. The van der Waals surface area contributed by atoms with Crippen LogP contribution in [0, 0.1) is 40.0 Å². The maximum atomic E-state index is 5.71. The standard InChI is InChI=1S/C42H35N/c1-7-8-13-33-31(6)42(37-16-11-9-14-34(33)37)38-17-12-10-15-35(38)36-21-20-32(26-39(36)42)43(40-22-18-27(2)24-29(40)4)41-23-19-28(3)25-30(41)5/h1,8-26H,2-6H3/b13-8-. The molecule has 1 heteroatoms. The van der Waals surface area contributed by atoms with Crippen molar-refractivity contribution in [1.82, 2.24) is 0 Å². The van der Waals surface area contributed by atoms with Gasteiger partial charge in [0, 0.05) is 17.1 Å². The second-order valence-corrected chi connectivity index (χ2v) is 12.0. The Bertz CT molecular complexity index is 1990. The first-order chi connectivity index (χ1) is 20.9. The summed E-state index contributed by atoms with van der Waals surface area (Å²) in [5, 5.41) is 0. The van der Waals surface area contributed by atoms with E-state index in [2.05, 4.69) is 155 Å². The molecule has 5 aromatic rings. The van der Waals surface area contributed by atoms with Crippen LogP contribution in [0.3, 0.4) is 0 Å². The third-order valence-electron chi connectivity index (χ3n) is 9.41. The van der Waals surface area contributed by atoms with Crippen molar-refractivity contribution >= 4 is 22.6 Å². The summed E-state index contributed by atoms with van der Waals surface area (Å²) in [6, 6.07) is 38.4. The van der Waals surface area contributed by atoms with Crippen LogP contribution in [0.5, 0.6) is 0 Å². The molecule has 0 fully saturated rings. The SMILES string of the molecule is C#C/C=C\C1=C(C)C2(c3ccccc31)c1ccccc1-c1ccc(N(c3ccc(C)cc3C)c3ccc(C)cc3C)cc12.